The fourth-order valence-corrected chi connectivity index (χ4v) is 3.97. The number of amides is 1. The van der Waals surface area contributed by atoms with Crippen LogP contribution in [0.2, 0.25) is 0 Å². The molecular weight excluding hydrogens is 420 g/mol. The van der Waals surface area contributed by atoms with Gasteiger partial charge in [0.2, 0.25) is 0 Å². The number of fused-ring (bicyclic) bond motifs is 2. The lowest BCUT2D eigenvalue weighted by Gasteiger charge is -2.11. The highest BCUT2D eigenvalue weighted by atomic mass is 16.5. The van der Waals surface area contributed by atoms with Crippen molar-refractivity contribution in [3.8, 4) is 17.0 Å². The van der Waals surface area contributed by atoms with Gasteiger partial charge >= 0.3 is 0 Å². The summed E-state index contributed by atoms with van der Waals surface area (Å²) in [6.45, 7) is -0.0611. The van der Waals surface area contributed by atoms with Crippen LogP contribution in [-0.4, -0.2) is 44.8 Å². The summed E-state index contributed by atoms with van der Waals surface area (Å²) in [4.78, 5) is 20.5. The molecular formula is C24H22N6O3. The van der Waals surface area contributed by atoms with Crippen LogP contribution >= 0.6 is 0 Å². The minimum absolute atomic E-state index is 0.0611. The molecule has 9 nitrogen and oxygen atoms in total. The third-order valence-electron chi connectivity index (χ3n) is 5.62. The molecule has 0 aliphatic heterocycles. The summed E-state index contributed by atoms with van der Waals surface area (Å²) in [5.74, 6) is 1.16. The van der Waals surface area contributed by atoms with Crippen molar-refractivity contribution in [1.82, 2.24) is 19.7 Å². The quantitative estimate of drug-likeness (QED) is 0.312. The second-order valence-electron chi connectivity index (χ2n) is 7.65. The van der Waals surface area contributed by atoms with E-state index in [-0.39, 0.29) is 12.5 Å². The van der Waals surface area contributed by atoms with Crippen molar-refractivity contribution in [2.45, 2.75) is 12.8 Å². The Kier molecular flexibility index (Phi) is 5.35. The Labute approximate surface area is 189 Å². The number of nitrogens with zero attached hydrogens (tertiary/aromatic N) is 4. The van der Waals surface area contributed by atoms with Crippen molar-refractivity contribution in [2.75, 3.05) is 19.0 Å². The van der Waals surface area contributed by atoms with Gasteiger partial charge in [0.05, 0.1) is 11.9 Å². The smallest absolute Gasteiger partial charge is 0.257 e. The molecule has 2 heterocycles. The Hall–Kier alpha value is -4.40. The molecule has 0 saturated heterocycles. The average Bonchev–Trinajstić information content (AvgIpc) is 3.44. The SMILES string of the molecule is CNC(=O)COc1cccc(-c2nc3cnccn3c2Nc2ccc3c(c2)CC/C3=N\O)c1. The number of imidazole rings is 1. The molecule has 0 atom stereocenters. The molecule has 33 heavy (non-hydrogen) atoms. The third kappa shape index (κ3) is 3.96. The highest BCUT2D eigenvalue weighted by Gasteiger charge is 2.20. The average molecular weight is 442 g/mol. The zero-order chi connectivity index (χ0) is 22.8. The summed E-state index contributed by atoms with van der Waals surface area (Å²) < 4.78 is 7.55. The number of oxime groups is 1. The second kappa shape index (κ2) is 8.62. The fraction of sp³-hybridized carbons (Fsp3) is 0.167. The second-order valence-corrected chi connectivity index (χ2v) is 7.65. The lowest BCUT2D eigenvalue weighted by atomic mass is 10.1. The van der Waals surface area contributed by atoms with Crippen LogP contribution in [0.1, 0.15) is 17.5 Å². The number of hydrogen-bond acceptors (Lipinski definition) is 7. The number of nitrogens with one attached hydrogen (secondary N) is 2. The molecule has 4 aromatic rings. The molecule has 0 saturated carbocycles. The van der Waals surface area contributed by atoms with Gasteiger partial charge in [0.1, 0.15) is 17.3 Å². The van der Waals surface area contributed by atoms with Gasteiger partial charge in [0.25, 0.3) is 5.91 Å². The molecule has 0 fully saturated rings. The molecule has 3 N–H and O–H groups in total. The molecule has 9 heteroatoms. The number of carbonyl (C=O) groups excluding carboxylic acids is 1. The van der Waals surface area contributed by atoms with Gasteiger partial charge < -0.3 is 20.6 Å². The van der Waals surface area contributed by atoms with Gasteiger partial charge in [-0.25, -0.2) is 4.98 Å². The lowest BCUT2D eigenvalue weighted by Crippen LogP contribution is -2.24. The molecule has 2 aromatic heterocycles. The van der Waals surface area contributed by atoms with Crippen LogP contribution in [0.5, 0.6) is 5.75 Å². The Bertz CT molecular complexity index is 1380. The molecule has 1 aliphatic carbocycles. The molecule has 0 spiro atoms. The zero-order valence-corrected chi connectivity index (χ0v) is 17.9. The van der Waals surface area contributed by atoms with E-state index in [4.69, 9.17) is 9.72 Å². The standard InChI is InChI=1S/C24H22N6O3/c1-25-22(31)14-33-18-4-2-3-16(12-18)23-24(30-10-9-26-13-21(30)28-23)27-17-6-7-19-15(11-17)5-8-20(19)29-32/h2-4,6-7,9-13,27,32H,5,8,14H2,1H3,(H,25,31)/b29-20+. The van der Waals surface area contributed by atoms with E-state index < -0.39 is 0 Å². The highest BCUT2D eigenvalue weighted by Crippen LogP contribution is 2.34. The zero-order valence-electron chi connectivity index (χ0n) is 17.9. The van der Waals surface area contributed by atoms with Crippen LogP contribution in [0.15, 0.2) is 66.2 Å². The van der Waals surface area contributed by atoms with Gasteiger partial charge in [-0.1, -0.05) is 23.4 Å². The monoisotopic (exact) mass is 442 g/mol. The van der Waals surface area contributed by atoms with Crippen LogP contribution in [0.3, 0.4) is 0 Å². The maximum atomic E-state index is 11.5. The van der Waals surface area contributed by atoms with E-state index in [1.165, 1.54) is 0 Å². The van der Waals surface area contributed by atoms with Gasteiger partial charge in [-0.05, 0) is 42.7 Å². The van der Waals surface area contributed by atoms with E-state index in [1.807, 2.05) is 40.9 Å². The van der Waals surface area contributed by atoms with Gasteiger partial charge in [-0.3, -0.25) is 14.2 Å². The van der Waals surface area contributed by atoms with E-state index in [0.29, 0.717) is 17.1 Å². The molecule has 1 amide bonds. The van der Waals surface area contributed by atoms with Gasteiger partial charge in [0, 0.05) is 36.3 Å². The first kappa shape index (κ1) is 20.5. The maximum absolute atomic E-state index is 11.5. The number of ether oxygens (including phenoxy) is 1. The largest absolute Gasteiger partial charge is 0.484 e. The molecule has 166 valence electrons. The molecule has 0 radical (unpaired) electrons. The Morgan fingerprint density at radius 3 is 3.00 bits per heavy atom. The van der Waals surface area contributed by atoms with Crippen molar-refractivity contribution in [1.29, 1.82) is 0 Å². The van der Waals surface area contributed by atoms with Crippen LogP contribution in [0.4, 0.5) is 11.5 Å². The molecule has 0 unspecified atom stereocenters. The number of benzene rings is 2. The van der Waals surface area contributed by atoms with Crippen molar-refractivity contribution in [3.05, 3.63) is 72.2 Å². The van der Waals surface area contributed by atoms with Crippen molar-refractivity contribution in [3.63, 3.8) is 0 Å². The number of anilines is 2. The van der Waals surface area contributed by atoms with E-state index in [0.717, 1.165) is 46.7 Å². The predicted octanol–water partition coefficient (Wildman–Crippen LogP) is 3.39. The summed E-state index contributed by atoms with van der Waals surface area (Å²) >= 11 is 0. The first-order valence-corrected chi connectivity index (χ1v) is 10.5. The topological polar surface area (TPSA) is 113 Å². The lowest BCUT2D eigenvalue weighted by molar-refractivity contribution is -0.122. The minimum atomic E-state index is -0.201. The van der Waals surface area contributed by atoms with Crippen molar-refractivity contribution >= 4 is 28.8 Å². The molecule has 0 bridgehead atoms. The van der Waals surface area contributed by atoms with Crippen molar-refractivity contribution < 1.29 is 14.7 Å². The summed E-state index contributed by atoms with van der Waals surface area (Å²) in [6, 6.07) is 13.5. The highest BCUT2D eigenvalue weighted by molar-refractivity contribution is 6.04. The molecule has 1 aliphatic rings. The van der Waals surface area contributed by atoms with Crippen LogP contribution in [0.25, 0.3) is 16.9 Å². The molecule has 2 aromatic carbocycles. The number of likely N-dealkylation sites (N-methyl/N-ethyl adjacent to an activating group) is 1. The number of hydrogen-bond donors (Lipinski definition) is 3. The Morgan fingerprint density at radius 2 is 2.15 bits per heavy atom. The summed E-state index contributed by atoms with van der Waals surface area (Å²) in [6.07, 6.45) is 6.82. The summed E-state index contributed by atoms with van der Waals surface area (Å²) in [5, 5.41) is 18.6. The van der Waals surface area contributed by atoms with E-state index in [1.54, 1.807) is 25.5 Å². The third-order valence-corrected chi connectivity index (χ3v) is 5.62. The number of carbonyl (C=O) groups is 1. The van der Waals surface area contributed by atoms with Crippen LogP contribution in [0, 0.1) is 0 Å². The Morgan fingerprint density at radius 1 is 1.24 bits per heavy atom. The minimum Gasteiger partial charge on any atom is -0.484 e. The first-order chi connectivity index (χ1) is 16.2. The van der Waals surface area contributed by atoms with E-state index in [2.05, 4.69) is 26.8 Å². The van der Waals surface area contributed by atoms with Crippen molar-refractivity contribution in [2.24, 2.45) is 5.16 Å². The number of aryl methyl sites for hydroxylation is 1. The maximum Gasteiger partial charge on any atom is 0.257 e. The number of aromatic nitrogens is 3. The van der Waals surface area contributed by atoms with E-state index in [9.17, 15) is 10.0 Å². The summed E-state index contributed by atoms with van der Waals surface area (Å²) in [5.41, 5.74) is 5.99. The summed E-state index contributed by atoms with van der Waals surface area (Å²) in [7, 11) is 1.57. The Balaban J connectivity index is 1.52. The predicted molar refractivity (Wildman–Crippen MR) is 124 cm³/mol. The first-order valence-electron chi connectivity index (χ1n) is 10.5. The van der Waals surface area contributed by atoms with Crippen LogP contribution in [-0.2, 0) is 11.2 Å². The van der Waals surface area contributed by atoms with Gasteiger partial charge in [-0.15, -0.1) is 0 Å². The number of rotatable bonds is 6. The van der Waals surface area contributed by atoms with Crippen LogP contribution < -0.4 is 15.4 Å². The normalized spacial score (nSPS) is 13.8. The fourth-order valence-electron chi connectivity index (χ4n) is 3.97. The molecule has 5 rings (SSSR count). The van der Waals surface area contributed by atoms with E-state index >= 15 is 0 Å². The van der Waals surface area contributed by atoms with Gasteiger partial charge in [0.15, 0.2) is 12.3 Å². The van der Waals surface area contributed by atoms with Gasteiger partial charge in [-0.2, -0.15) is 0 Å².